The molecule has 0 radical (unpaired) electrons. The maximum Gasteiger partial charge on any atom is 0.0450 e. The first-order valence-corrected chi connectivity index (χ1v) is 3.48. The van der Waals surface area contributed by atoms with Gasteiger partial charge < -0.3 is 9.90 Å². The summed E-state index contributed by atoms with van der Waals surface area (Å²) in [7, 11) is 0. The summed E-state index contributed by atoms with van der Waals surface area (Å²) in [4.78, 5) is 9.81. The zero-order valence-electron chi connectivity index (χ0n) is 3.98. The van der Waals surface area contributed by atoms with Crippen LogP contribution in [0.5, 0.6) is 0 Å². The molecule has 0 aliphatic heterocycles. The van der Waals surface area contributed by atoms with Crippen LogP contribution in [-0.2, 0) is 4.79 Å². The second kappa shape index (κ2) is 3.23. The minimum absolute atomic E-state index is 0.305. The molecule has 0 aromatic heterocycles. The van der Waals surface area contributed by atoms with Gasteiger partial charge in [-0.2, -0.15) is 0 Å². The number of rotatable bonds is 2. The molecular weight excluding hydrogens is 207 g/mol. The van der Waals surface area contributed by atoms with Gasteiger partial charge in [-0.3, -0.25) is 0 Å². The first-order valence-electron chi connectivity index (χ1n) is 1.95. The third kappa shape index (κ3) is 2.85. The highest BCUT2D eigenvalue weighted by molar-refractivity contribution is 14.1. The summed E-state index contributed by atoms with van der Waals surface area (Å²) >= 11 is 2.01. The van der Waals surface area contributed by atoms with Gasteiger partial charge in [0.2, 0.25) is 0 Å². The normalized spacial score (nSPS) is 13.4. The molecule has 0 fully saturated rings. The van der Waals surface area contributed by atoms with Crippen LogP contribution in [0.4, 0.5) is 0 Å². The molecule has 0 aromatic carbocycles. The van der Waals surface area contributed by atoms with Crippen molar-refractivity contribution in [1.82, 2.24) is 0 Å². The number of carboxylic acid groups (broad SMARTS) is 1. The number of hydrogen-bond donors (Lipinski definition) is 0. The minimum atomic E-state index is -0.964. The fourth-order valence-electron chi connectivity index (χ4n) is 0.0630. The molecule has 7 heavy (non-hydrogen) atoms. The Hall–Kier alpha value is 0.200. The lowest BCUT2D eigenvalue weighted by molar-refractivity contribution is -0.309. The van der Waals surface area contributed by atoms with Crippen molar-refractivity contribution in [3.05, 3.63) is 0 Å². The van der Waals surface area contributed by atoms with E-state index in [0.717, 1.165) is 0 Å². The van der Waals surface area contributed by atoms with Gasteiger partial charge in [-0.05, 0) is 0 Å². The van der Waals surface area contributed by atoms with Gasteiger partial charge >= 0.3 is 0 Å². The first-order chi connectivity index (χ1) is 3.18. The Balaban J connectivity index is 3.34. The van der Waals surface area contributed by atoms with Crippen molar-refractivity contribution >= 4 is 28.6 Å². The molecule has 1 atom stereocenters. The van der Waals surface area contributed by atoms with Crippen LogP contribution in [-0.4, -0.2) is 10.4 Å². The smallest absolute Gasteiger partial charge is 0.0450 e. The Morgan fingerprint density at radius 2 is 2.43 bits per heavy atom. The Kier molecular flexibility index (Phi) is 3.33. The second-order valence-electron chi connectivity index (χ2n) is 1.37. The quantitative estimate of drug-likeness (QED) is 0.471. The average Bonchev–Trinajstić information content (AvgIpc) is 1.65. The van der Waals surface area contributed by atoms with Crippen molar-refractivity contribution in [2.45, 2.75) is 6.92 Å². The summed E-state index contributed by atoms with van der Waals surface area (Å²) < 4.78 is 0.625. The lowest BCUT2D eigenvalue weighted by Gasteiger charge is -2.05. The number of alkyl halides is 1. The van der Waals surface area contributed by atoms with Crippen LogP contribution in [0.25, 0.3) is 0 Å². The van der Waals surface area contributed by atoms with Gasteiger partial charge in [0.05, 0.1) is 0 Å². The number of halogens is 1. The summed E-state index contributed by atoms with van der Waals surface area (Å²) in [6.45, 7) is 1.63. The number of carboxylic acids is 1. The van der Waals surface area contributed by atoms with Crippen molar-refractivity contribution in [3.8, 4) is 0 Å². The number of aliphatic carboxylic acids is 1. The van der Waals surface area contributed by atoms with E-state index >= 15 is 0 Å². The SMILES string of the molecule is CC(CI)C(=O)[O-]. The van der Waals surface area contributed by atoms with Crippen LogP contribution in [0.2, 0.25) is 0 Å². The van der Waals surface area contributed by atoms with Crippen LogP contribution >= 0.6 is 22.6 Å². The monoisotopic (exact) mass is 213 g/mol. The molecule has 0 aliphatic rings. The molecule has 1 unspecified atom stereocenters. The largest absolute Gasteiger partial charge is 0.550 e. The molecule has 0 aliphatic carbocycles. The van der Waals surface area contributed by atoms with E-state index < -0.39 is 5.97 Å². The number of carbonyl (C=O) groups is 1. The van der Waals surface area contributed by atoms with E-state index in [4.69, 9.17) is 0 Å². The van der Waals surface area contributed by atoms with Gasteiger partial charge in [0.15, 0.2) is 0 Å². The summed E-state index contributed by atoms with van der Waals surface area (Å²) in [5.41, 5.74) is 0. The molecule has 0 rings (SSSR count). The lowest BCUT2D eigenvalue weighted by Crippen LogP contribution is -2.30. The lowest BCUT2D eigenvalue weighted by atomic mass is 10.2. The van der Waals surface area contributed by atoms with Crippen LogP contribution in [0.1, 0.15) is 6.92 Å². The topological polar surface area (TPSA) is 40.1 Å². The summed E-state index contributed by atoms with van der Waals surface area (Å²) in [5, 5.41) is 9.81. The Labute approximate surface area is 56.1 Å². The Morgan fingerprint density at radius 1 is 2.00 bits per heavy atom. The highest BCUT2D eigenvalue weighted by Crippen LogP contribution is 1.96. The highest BCUT2D eigenvalue weighted by atomic mass is 127. The molecular formula is C4H6IO2-. The third-order valence-corrected chi connectivity index (χ3v) is 1.96. The zero-order chi connectivity index (χ0) is 5.86. The standard InChI is InChI=1S/C4H7IO2/c1-3(2-5)4(6)7/h3H,2H2,1H3,(H,6,7)/p-1. The molecule has 0 saturated heterocycles. The zero-order valence-corrected chi connectivity index (χ0v) is 6.14. The average molecular weight is 213 g/mol. The molecule has 0 amide bonds. The Bertz CT molecular complexity index is 72.1. The summed E-state index contributed by atoms with van der Waals surface area (Å²) in [6.07, 6.45) is 0. The fourth-order valence-corrected chi connectivity index (χ4v) is 0.423. The van der Waals surface area contributed by atoms with Crippen molar-refractivity contribution in [2.75, 3.05) is 4.43 Å². The van der Waals surface area contributed by atoms with Gasteiger partial charge in [-0.25, -0.2) is 0 Å². The van der Waals surface area contributed by atoms with Gasteiger partial charge in [0.25, 0.3) is 0 Å². The summed E-state index contributed by atoms with van der Waals surface area (Å²) in [6, 6.07) is 0. The van der Waals surface area contributed by atoms with Crippen LogP contribution in [0.15, 0.2) is 0 Å². The van der Waals surface area contributed by atoms with Crippen LogP contribution in [0, 0.1) is 5.92 Å². The molecule has 42 valence electrons. The van der Waals surface area contributed by atoms with Crippen LogP contribution < -0.4 is 5.11 Å². The van der Waals surface area contributed by atoms with Gasteiger partial charge in [-0.1, -0.05) is 29.5 Å². The van der Waals surface area contributed by atoms with Crippen molar-refractivity contribution < 1.29 is 9.90 Å². The highest BCUT2D eigenvalue weighted by Gasteiger charge is 1.96. The second-order valence-corrected chi connectivity index (χ2v) is 2.26. The van der Waals surface area contributed by atoms with E-state index in [1.807, 2.05) is 22.6 Å². The van der Waals surface area contributed by atoms with Crippen molar-refractivity contribution in [3.63, 3.8) is 0 Å². The van der Waals surface area contributed by atoms with Gasteiger partial charge in [0.1, 0.15) is 0 Å². The molecule has 2 nitrogen and oxygen atoms in total. The summed E-state index contributed by atoms with van der Waals surface area (Å²) in [5.74, 6) is -1.27. The minimum Gasteiger partial charge on any atom is -0.550 e. The van der Waals surface area contributed by atoms with Crippen molar-refractivity contribution in [1.29, 1.82) is 0 Å². The van der Waals surface area contributed by atoms with Gasteiger partial charge in [-0.15, -0.1) is 0 Å². The first kappa shape index (κ1) is 7.20. The van der Waals surface area contributed by atoms with E-state index in [1.165, 1.54) is 0 Å². The molecule has 0 spiro atoms. The molecule has 0 saturated carbocycles. The third-order valence-electron chi connectivity index (χ3n) is 0.634. The van der Waals surface area contributed by atoms with E-state index in [-0.39, 0.29) is 5.92 Å². The van der Waals surface area contributed by atoms with Crippen LogP contribution in [0.3, 0.4) is 0 Å². The van der Waals surface area contributed by atoms with E-state index in [1.54, 1.807) is 6.92 Å². The predicted molar refractivity (Wildman–Crippen MR) is 33.1 cm³/mol. The van der Waals surface area contributed by atoms with Gasteiger partial charge in [0, 0.05) is 16.3 Å². The predicted octanol–water partition coefficient (Wildman–Crippen LogP) is -0.193. The van der Waals surface area contributed by atoms with Crippen molar-refractivity contribution in [2.24, 2.45) is 5.92 Å². The van der Waals surface area contributed by atoms with E-state index in [9.17, 15) is 9.90 Å². The molecule has 0 aromatic rings. The van der Waals surface area contributed by atoms with E-state index in [0.29, 0.717) is 4.43 Å². The molecule has 0 N–H and O–H groups in total. The molecule has 3 heteroatoms. The number of hydrogen-bond acceptors (Lipinski definition) is 2. The Morgan fingerprint density at radius 3 is 2.43 bits per heavy atom. The number of carbonyl (C=O) groups excluding carboxylic acids is 1. The maximum absolute atomic E-state index is 9.81. The maximum atomic E-state index is 9.81. The van der Waals surface area contributed by atoms with E-state index in [2.05, 4.69) is 0 Å². The molecule has 0 bridgehead atoms. The molecule has 0 heterocycles. The fraction of sp³-hybridized carbons (Fsp3) is 0.750.